The average Bonchev–Trinajstić information content (AvgIpc) is 2.46. The fourth-order valence-electron chi connectivity index (χ4n) is 4.40. The minimum absolute atomic E-state index is 0.0384. The summed E-state index contributed by atoms with van der Waals surface area (Å²) >= 11 is 0. The zero-order chi connectivity index (χ0) is 15.0. The van der Waals surface area contributed by atoms with Crippen LogP contribution in [0.2, 0.25) is 0 Å². The van der Waals surface area contributed by atoms with Crippen LogP contribution in [0.1, 0.15) is 67.3 Å². The Morgan fingerprint density at radius 1 is 1.14 bits per heavy atom. The van der Waals surface area contributed by atoms with Crippen LogP contribution in [0, 0.1) is 23.6 Å². The van der Waals surface area contributed by atoms with Gasteiger partial charge in [0.25, 0.3) is 0 Å². The normalized spacial score (nSPS) is 32.5. The summed E-state index contributed by atoms with van der Waals surface area (Å²) in [5, 5.41) is 8.92. The first-order valence-electron chi connectivity index (χ1n) is 8.07. The van der Waals surface area contributed by atoms with Gasteiger partial charge in [0.1, 0.15) is 5.82 Å². The van der Waals surface area contributed by atoms with E-state index in [9.17, 15) is 9.18 Å². The Balaban J connectivity index is 1.75. The van der Waals surface area contributed by atoms with Gasteiger partial charge in [-0.05, 0) is 73.5 Å². The van der Waals surface area contributed by atoms with E-state index in [1.54, 1.807) is 6.07 Å². The zero-order valence-corrected chi connectivity index (χ0v) is 12.5. The molecule has 21 heavy (non-hydrogen) atoms. The largest absolute Gasteiger partial charge is 0.478 e. The predicted molar refractivity (Wildman–Crippen MR) is 79.9 cm³/mol. The monoisotopic (exact) mass is 290 g/mol. The molecule has 2 saturated carbocycles. The molecule has 3 rings (SSSR count). The third-order valence-electron chi connectivity index (χ3n) is 5.56. The highest BCUT2D eigenvalue weighted by Crippen LogP contribution is 2.47. The highest BCUT2D eigenvalue weighted by atomic mass is 19.1. The van der Waals surface area contributed by atoms with Gasteiger partial charge in [-0.1, -0.05) is 19.4 Å². The van der Waals surface area contributed by atoms with E-state index < -0.39 is 5.97 Å². The minimum Gasteiger partial charge on any atom is -0.478 e. The molecule has 3 heteroatoms. The number of hydrogen-bond acceptors (Lipinski definition) is 1. The first-order valence-corrected chi connectivity index (χ1v) is 8.07. The van der Waals surface area contributed by atoms with E-state index in [4.69, 9.17) is 5.11 Å². The van der Waals surface area contributed by atoms with Crippen LogP contribution < -0.4 is 0 Å². The summed E-state index contributed by atoms with van der Waals surface area (Å²) in [6.45, 7) is 2.34. The lowest BCUT2D eigenvalue weighted by Gasteiger charge is -2.41. The van der Waals surface area contributed by atoms with Crippen molar-refractivity contribution in [2.45, 2.75) is 51.4 Å². The van der Waals surface area contributed by atoms with E-state index >= 15 is 0 Å². The summed E-state index contributed by atoms with van der Waals surface area (Å²) < 4.78 is 14.2. The van der Waals surface area contributed by atoms with E-state index in [0.717, 1.165) is 36.2 Å². The molecule has 4 atom stereocenters. The Morgan fingerprint density at radius 3 is 2.57 bits per heavy atom. The van der Waals surface area contributed by atoms with E-state index in [0.29, 0.717) is 0 Å². The number of carboxylic acid groups (broad SMARTS) is 1. The van der Waals surface area contributed by atoms with Crippen molar-refractivity contribution in [2.75, 3.05) is 0 Å². The van der Waals surface area contributed by atoms with Crippen LogP contribution in [0.25, 0.3) is 0 Å². The highest BCUT2D eigenvalue weighted by molar-refractivity contribution is 5.87. The summed E-state index contributed by atoms with van der Waals surface area (Å²) in [6, 6.07) is 4.40. The highest BCUT2D eigenvalue weighted by Gasteiger charge is 2.35. The van der Waals surface area contributed by atoms with Crippen molar-refractivity contribution < 1.29 is 14.3 Å². The van der Waals surface area contributed by atoms with Crippen molar-refractivity contribution in [2.24, 2.45) is 17.8 Å². The molecule has 1 aromatic rings. The zero-order valence-electron chi connectivity index (χ0n) is 12.5. The quantitative estimate of drug-likeness (QED) is 0.846. The number of carboxylic acids is 1. The molecule has 0 bridgehead atoms. The number of carbonyl (C=O) groups is 1. The van der Waals surface area contributed by atoms with Gasteiger partial charge in [-0.3, -0.25) is 0 Å². The van der Waals surface area contributed by atoms with Gasteiger partial charge in [-0.2, -0.15) is 0 Å². The molecule has 2 aliphatic carbocycles. The molecular weight excluding hydrogens is 267 g/mol. The smallest absolute Gasteiger partial charge is 0.335 e. The SMILES string of the molecule is C[C@H]1CC[C@@H]2CC(c3ccc(C(=O)O)cc3F)CC[C@H]2C1. The van der Waals surface area contributed by atoms with Gasteiger partial charge in [0.2, 0.25) is 0 Å². The van der Waals surface area contributed by atoms with Crippen molar-refractivity contribution >= 4 is 5.97 Å². The summed E-state index contributed by atoms with van der Waals surface area (Å²) in [5.41, 5.74) is 0.758. The predicted octanol–water partition coefficient (Wildman–Crippen LogP) is 4.84. The molecule has 0 amide bonds. The van der Waals surface area contributed by atoms with E-state index in [2.05, 4.69) is 6.92 Å². The molecule has 0 saturated heterocycles. The molecule has 0 radical (unpaired) electrons. The van der Waals surface area contributed by atoms with Crippen LogP contribution in [-0.4, -0.2) is 11.1 Å². The number of fused-ring (bicyclic) bond motifs is 1. The average molecular weight is 290 g/mol. The third kappa shape index (κ3) is 2.97. The van der Waals surface area contributed by atoms with Gasteiger partial charge in [0.15, 0.2) is 0 Å². The fraction of sp³-hybridized carbons (Fsp3) is 0.611. The lowest BCUT2D eigenvalue weighted by atomic mass is 9.64. The van der Waals surface area contributed by atoms with Gasteiger partial charge in [-0.15, -0.1) is 0 Å². The Morgan fingerprint density at radius 2 is 1.86 bits per heavy atom. The standard InChI is InChI=1S/C18H23FO2/c1-11-2-3-13-9-14(5-4-12(13)8-11)16-7-6-15(18(20)21)10-17(16)19/h6-7,10-14H,2-5,8-9H2,1H3,(H,20,21)/t11-,12-,13+,14?/m0/s1. The van der Waals surface area contributed by atoms with E-state index in [1.165, 1.54) is 37.8 Å². The number of hydrogen-bond donors (Lipinski definition) is 1. The third-order valence-corrected chi connectivity index (χ3v) is 5.56. The molecule has 1 unspecified atom stereocenters. The van der Waals surface area contributed by atoms with Gasteiger partial charge >= 0.3 is 5.97 Å². The maximum absolute atomic E-state index is 14.2. The van der Waals surface area contributed by atoms with Crippen LogP contribution in [0.15, 0.2) is 18.2 Å². The second kappa shape index (κ2) is 5.78. The topological polar surface area (TPSA) is 37.3 Å². The van der Waals surface area contributed by atoms with E-state index in [-0.39, 0.29) is 17.3 Å². The maximum atomic E-state index is 14.2. The fourth-order valence-corrected chi connectivity index (χ4v) is 4.40. The maximum Gasteiger partial charge on any atom is 0.335 e. The summed E-state index contributed by atoms with van der Waals surface area (Å²) in [7, 11) is 0. The van der Waals surface area contributed by atoms with Crippen molar-refractivity contribution in [1.82, 2.24) is 0 Å². The van der Waals surface area contributed by atoms with Gasteiger partial charge in [0.05, 0.1) is 5.56 Å². The molecule has 0 heterocycles. The Hall–Kier alpha value is -1.38. The van der Waals surface area contributed by atoms with Crippen LogP contribution in [0.4, 0.5) is 4.39 Å². The van der Waals surface area contributed by atoms with Crippen LogP contribution in [0.5, 0.6) is 0 Å². The Kier molecular flexibility index (Phi) is 4.01. The number of benzene rings is 1. The summed E-state index contributed by atoms with van der Waals surface area (Å²) in [6.07, 6.45) is 7.21. The summed E-state index contributed by atoms with van der Waals surface area (Å²) in [5.74, 6) is 1.26. The second-order valence-electron chi connectivity index (χ2n) is 6.99. The molecule has 114 valence electrons. The lowest BCUT2D eigenvalue weighted by molar-refractivity contribution is 0.0696. The molecule has 0 spiro atoms. The van der Waals surface area contributed by atoms with E-state index in [1.807, 2.05) is 0 Å². The van der Waals surface area contributed by atoms with Crippen LogP contribution >= 0.6 is 0 Å². The summed E-state index contributed by atoms with van der Waals surface area (Å²) in [4.78, 5) is 10.9. The first kappa shape index (κ1) is 14.6. The Bertz CT molecular complexity index is 540. The van der Waals surface area contributed by atoms with Gasteiger partial charge in [0, 0.05) is 0 Å². The molecule has 1 aromatic carbocycles. The van der Waals surface area contributed by atoms with Crippen molar-refractivity contribution in [1.29, 1.82) is 0 Å². The second-order valence-corrected chi connectivity index (χ2v) is 6.99. The van der Waals surface area contributed by atoms with Crippen molar-refractivity contribution in [3.8, 4) is 0 Å². The molecule has 2 nitrogen and oxygen atoms in total. The van der Waals surface area contributed by atoms with Crippen molar-refractivity contribution in [3.63, 3.8) is 0 Å². The number of rotatable bonds is 2. The molecule has 0 aliphatic heterocycles. The molecule has 2 fully saturated rings. The molecular formula is C18H23FO2. The minimum atomic E-state index is -1.06. The molecule has 0 aromatic heterocycles. The van der Waals surface area contributed by atoms with Gasteiger partial charge < -0.3 is 5.11 Å². The first-order chi connectivity index (χ1) is 10.0. The Labute approximate surface area is 125 Å². The number of halogens is 1. The lowest BCUT2D eigenvalue weighted by Crippen LogP contribution is -2.30. The van der Waals surface area contributed by atoms with Gasteiger partial charge in [-0.25, -0.2) is 9.18 Å². The number of aromatic carboxylic acids is 1. The molecule has 2 aliphatic rings. The van der Waals surface area contributed by atoms with Crippen molar-refractivity contribution in [3.05, 3.63) is 35.1 Å². The molecule has 1 N–H and O–H groups in total. The van der Waals surface area contributed by atoms with Crippen LogP contribution in [0.3, 0.4) is 0 Å². The van der Waals surface area contributed by atoms with Crippen LogP contribution in [-0.2, 0) is 0 Å².